The van der Waals surface area contributed by atoms with Crippen LogP contribution in [0.4, 0.5) is 0 Å². The number of nitrogens with one attached hydrogen (secondary N) is 2. The van der Waals surface area contributed by atoms with Gasteiger partial charge in [0.2, 0.25) is 0 Å². The van der Waals surface area contributed by atoms with E-state index >= 15 is 0 Å². The quantitative estimate of drug-likeness (QED) is 0.799. The van der Waals surface area contributed by atoms with Crippen LogP contribution in [0.15, 0.2) is 18.2 Å². The first kappa shape index (κ1) is 14.1. The van der Waals surface area contributed by atoms with E-state index in [4.69, 9.17) is 5.11 Å². The third kappa shape index (κ3) is 2.66. The van der Waals surface area contributed by atoms with Crippen molar-refractivity contribution in [3.8, 4) is 0 Å². The molecule has 0 saturated carbocycles. The summed E-state index contributed by atoms with van der Waals surface area (Å²) in [6.45, 7) is 5.68. The maximum Gasteiger partial charge on any atom is 0.308 e. The molecule has 2 aromatic rings. The number of hydrogen-bond acceptors (Lipinski definition) is 2. The molecule has 1 atom stereocenters. The topological polar surface area (TPSA) is 82.2 Å². The van der Waals surface area contributed by atoms with Gasteiger partial charge in [0.05, 0.1) is 5.92 Å². The van der Waals surface area contributed by atoms with Gasteiger partial charge in [0.25, 0.3) is 5.91 Å². The van der Waals surface area contributed by atoms with E-state index in [1.165, 1.54) is 0 Å². The molecular weight excluding hydrogens is 256 g/mol. The average Bonchev–Trinajstić information content (AvgIpc) is 2.70. The van der Waals surface area contributed by atoms with E-state index in [2.05, 4.69) is 10.3 Å². The number of aromatic amines is 1. The monoisotopic (exact) mass is 274 g/mol. The molecule has 106 valence electrons. The summed E-state index contributed by atoms with van der Waals surface area (Å²) >= 11 is 0. The summed E-state index contributed by atoms with van der Waals surface area (Å²) in [5.41, 5.74) is 3.73. The average molecular weight is 274 g/mol. The van der Waals surface area contributed by atoms with Crippen LogP contribution in [-0.2, 0) is 4.79 Å². The zero-order valence-corrected chi connectivity index (χ0v) is 11.8. The third-order valence-electron chi connectivity index (χ3n) is 3.56. The first-order valence-corrected chi connectivity index (χ1v) is 6.50. The number of aliphatic carboxylic acids is 1. The summed E-state index contributed by atoms with van der Waals surface area (Å²) in [5, 5.41) is 12.4. The number of aryl methyl sites for hydroxylation is 2. The van der Waals surface area contributed by atoms with Gasteiger partial charge in [-0.15, -0.1) is 0 Å². The Balaban J connectivity index is 2.18. The highest BCUT2D eigenvalue weighted by molar-refractivity contribution is 5.99. The number of amides is 1. The number of carboxylic acids is 1. The van der Waals surface area contributed by atoms with Crippen molar-refractivity contribution >= 4 is 22.8 Å². The Bertz CT molecular complexity index is 673. The Morgan fingerprint density at radius 2 is 2.05 bits per heavy atom. The van der Waals surface area contributed by atoms with Gasteiger partial charge in [-0.25, -0.2) is 0 Å². The predicted octanol–water partition coefficient (Wildman–Crippen LogP) is 2.24. The van der Waals surface area contributed by atoms with E-state index in [9.17, 15) is 9.59 Å². The van der Waals surface area contributed by atoms with E-state index in [1.54, 1.807) is 13.0 Å². The van der Waals surface area contributed by atoms with Crippen molar-refractivity contribution in [3.05, 3.63) is 35.0 Å². The normalized spacial score (nSPS) is 12.3. The molecule has 0 saturated heterocycles. The Labute approximate surface area is 117 Å². The number of fused-ring (bicyclic) bond motifs is 1. The standard InChI is InChI=1S/C15H18N2O3/c1-8(15(19)20)7-16-14(18)11-4-5-13-12(6-11)9(2)10(3)17-13/h4-6,8,17H,7H2,1-3H3,(H,16,18)(H,19,20). The van der Waals surface area contributed by atoms with Gasteiger partial charge in [-0.3, -0.25) is 9.59 Å². The van der Waals surface area contributed by atoms with Crippen LogP contribution in [-0.4, -0.2) is 28.5 Å². The first-order chi connectivity index (χ1) is 9.40. The smallest absolute Gasteiger partial charge is 0.308 e. The number of hydrogen-bond donors (Lipinski definition) is 3. The SMILES string of the molecule is Cc1[nH]c2ccc(C(=O)NCC(C)C(=O)O)cc2c1C. The van der Waals surface area contributed by atoms with Crippen LogP contribution < -0.4 is 5.32 Å². The highest BCUT2D eigenvalue weighted by Gasteiger charge is 2.14. The molecule has 5 heteroatoms. The Hall–Kier alpha value is -2.30. The van der Waals surface area contributed by atoms with Gasteiger partial charge < -0.3 is 15.4 Å². The summed E-state index contributed by atoms with van der Waals surface area (Å²) in [7, 11) is 0. The zero-order chi connectivity index (χ0) is 14.9. The first-order valence-electron chi connectivity index (χ1n) is 6.50. The molecule has 0 bridgehead atoms. The van der Waals surface area contributed by atoms with Gasteiger partial charge in [0, 0.05) is 28.7 Å². The highest BCUT2D eigenvalue weighted by atomic mass is 16.4. The van der Waals surface area contributed by atoms with Crippen molar-refractivity contribution in [2.75, 3.05) is 6.54 Å². The van der Waals surface area contributed by atoms with Gasteiger partial charge in [-0.1, -0.05) is 6.92 Å². The molecule has 1 aromatic heterocycles. The molecule has 1 unspecified atom stereocenters. The van der Waals surface area contributed by atoms with Crippen molar-refractivity contribution in [2.45, 2.75) is 20.8 Å². The van der Waals surface area contributed by atoms with Crippen LogP contribution in [0.5, 0.6) is 0 Å². The fourth-order valence-electron chi connectivity index (χ4n) is 2.04. The molecule has 5 nitrogen and oxygen atoms in total. The number of carboxylic acid groups (broad SMARTS) is 1. The van der Waals surface area contributed by atoms with Crippen molar-refractivity contribution in [1.82, 2.24) is 10.3 Å². The molecular formula is C15H18N2O3. The molecule has 0 aliphatic carbocycles. The molecule has 0 fully saturated rings. The minimum absolute atomic E-state index is 0.122. The van der Waals surface area contributed by atoms with E-state index in [0.29, 0.717) is 5.56 Å². The van der Waals surface area contributed by atoms with E-state index < -0.39 is 11.9 Å². The molecule has 0 aliphatic heterocycles. The minimum atomic E-state index is -0.919. The molecule has 1 aromatic carbocycles. The van der Waals surface area contributed by atoms with E-state index in [1.807, 2.05) is 26.0 Å². The number of carbonyl (C=O) groups is 2. The number of carbonyl (C=O) groups excluding carboxylic acids is 1. The second-order valence-electron chi connectivity index (χ2n) is 5.08. The number of aromatic nitrogens is 1. The van der Waals surface area contributed by atoms with E-state index in [-0.39, 0.29) is 12.5 Å². The van der Waals surface area contributed by atoms with Crippen LogP contribution in [0.2, 0.25) is 0 Å². The number of rotatable bonds is 4. The molecule has 0 spiro atoms. The van der Waals surface area contributed by atoms with Crippen molar-refractivity contribution in [3.63, 3.8) is 0 Å². The lowest BCUT2D eigenvalue weighted by molar-refractivity contribution is -0.140. The molecule has 1 heterocycles. The maximum atomic E-state index is 12.0. The largest absolute Gasteiger partial charge is 0.481 e. The van der Waals surface area contributed by atoms with Gasteiger partial charge in [0.15, 0.2) is 0 Å². The van der Waals surface area contributed by atoms with Crippen LogP contribution in [0.3, 0.4) is 0 Å². The summed E-state index contributed by atoms with van der Waals surface area (Å²) in [5.74, 6) is -1.77. The second-order valence-corrected chi connectivity index (χ2v) is 5.08. The molecule has 20 heavy (non-hydrogen) atoms. The third-order valence-corrected chi connectivity index (χ3v) is 3.56. The highest BCUT2D eigenvalue weighted by Crippen LogP contribution is 2.22. The van der Waals surface area contributed by atoms with Gasteiger partial charge in [-0.05, 0) is 37.6 Å². The lowest BCUT2D eigenvalue weighted by Gasteiger charge is -2.08. The lowest BCUT2D eigenvalue weighted by atomic mass is 10.1. The lowest BCUT2D eigenvalue weighted by Crippen LogP contribution is -2.31. The van der Waals surface area contributed by atoms with Gasteiger partial charge in [-0.2, -0.15) is 0 Å². The van der Waals surface area contributed by atoms with E-state index in [0.717, 1.165) is 22.2 Å². The zero-order valence-electron chi connectivity index (χ0n) is 11.8. The number of H-pyrrole nitrogens is 1. The van der Waals surface area contributed by atoms with Crippen molar-refractivity contribution < 1.29 is 14.7 Å². The fourth-order valence-corrected chi connectivity index (χ4v) is 2.04. The molecule has 0 radical (unpaired) electrons. The van der Waals surface area contributed by atoms with Crippen LogP contribution in [0, 0.1) is 19.8 Å². The number of benzene rings is 1. The van der Waals surface area contributed by atoms with Crippen LogP contribution in [0.1, 0.15) is 28.5 Å². The van der Waals surface area contributed by atoms with Crippen LogP contribution >= 0.6 is 0 Å². The molecule has 0 aliphatic rings. The predicted molar refractivity (Wildman–Crippen MR) is 76.9 cm³/mol. The maximum absolute atomic E-state index is 12.0. The van der Waals surface area contributed by atoms with Gasteiger partial charge in [0.1, 0.15) is 0 Å². The Morgan fingerprint density at radius 3 is 2.70 bits per heavy atom. The summed E-state index contributed by atoms with van der Waals surface area (Å²) in [4.78, 5) is 26.0. The molecule has 2 rings (SSSR count). The fraction of sp³-hybridized carbons (Fsp3) is 0.333. The second kappa shape index (κ2) is 5.36. The van der Waals surface area contributed by atoms with Gasteiger partial charge >= 0.3 is 5.97 Å². The van der Waals surface area contributed by atoms with Crippen LogP contribution in [0.25, 0.3) is 10.9 Å². The Kier molecular flexibility index (Phi) is 3.79. The Morgan fingerprint density at radius 1 is 1.35 bits per heavy atom. The summed E-state index contributed by atoms with van der Waals surface area (Å²) in [6.07, 6.45) is 0. The molecule has 1 amide bonds. The molecule has 3 N–H and O–H groups in total. The van der Waals surface area contributed by atoms with Crippen molar-refractivity contribution in [1.29, 1.82) is 0 Å². The minimum Gasteiger partial charge on any atom is -0.481 e. The summed E-state index contributed by atoms with van der Waals surface area (Å²) in [6, 6.07) is 5.43. The van der Waals surface area contributed by atoms with Crippen molar-refractivity contribution in [2.24, 2.45) is 5.92 Å². The summed E-state index contributed by atoms with van der Waals surface area (Å²) < 4.78 is 0.